The number of rotatable bonds is 5. The first-order valence-corrected chi connectivity index (χ1v) is 8.62. The zero-order valence-corrected chi connectivity index (χ0v) is 15.1. The van der Waals surface area contributed by atoms with E-state index in [1.165, 1.54) is 6.08 Å². The predicted octanol–water partition coefficient (Wildman–Crippen LogP) is 3.96. The molecule has 4 rings (SSSR count). The molecule has 0 saturated carbocycles. The minimum atomic E-state index is -0.235. The molecular weight excluding hydrogens is 358 g/mol. The van der Waals surface area contributed by atoms with Gasteiger partial charge in [-0.1, -0.05) is 6.07 Å². The maximum absolute atomic E-state index is 12.2. The van der Waals surface area contributed by atoms with Gasteiger partial charge in [-0.05, 0) is 60.5 Å². The van der Waals surface area contributed by atoms with Crippen molar-refractivity contribution in [2.75, 3.05) is 12.1 Å². The van der Waals surface area contributed by atoms with Crippen LogP contribution in [0.1, 0.15) is 11.1 Å². The van der Waals surface area contributed by atoms with E-state index in [1.54, 1.807) is 36.7 Å². The highest BCUT2D eigenvalue weighted by Crippen LogP contribution is 2.32. The largest absolute Gasteiger partial charge is 0.454 e. The minimum absolute atomic E-state index is 0.221. The molecule has 1 aliphatic heterocycles. The molecule has 0 unspecified atom stereocenters. The second kappa shape index (κ2) is 7.79. The monoisotopic (exact) mass is 375 g/mol. The summed E-state index contributed by atoms with van der Waals surface area (Å²) in [5, 5.41) is 2.86. The van der Waals surface area contributed by atoms with E-state index in [0.717, 1.165) is 11.1 Å². The third-order valence-corrected chi connectivity index (χ3v) is 4.03. The Balaban J connectivity index is 1.40. The van der Waals surface area contributed by atoms with E-state index in [-0.39, 0.29) is 18.7 Å². The molecule has 1 aromatic heterocycles. The van der Waals surface area contributed by atoms with Crippen LogP contribution in [0.4, 0.5) is 5.69 Å². The number of amides is 1. The number of anilines is 1. The zero-order valence-electron chi connectivity index (χ0n) is 15.1. The van der Waals surface area contributed by atoms with Crippen molar-refractivity contribution < 1.29 is 19.0 Å². The van der Waals surface area contributed by atoms with E-state index in [1.807, 2.05) is 31.2 Å². The van der Waals surface area contributed by atoms with Gasteiger partial charge in [0.25, 0.3) is 0 Å². The molecule has 0 saturated heterocycles. The van der Waals surface area contributed by atoms with Gasteiger partial charge in [0.05, 0.1) is 0 Å². The van der Waals surface area contributed by atoms with Gasteiger partial charge >= 0.3 is 6.01 Å². The summed E-state index contributed by atoms with van der Waals surface area (Å²) in [7, 11) is 0. The Morgan fingerprint density at radius 3 is 2.75 bits per heavy atom. The van der Waals surface area contributed by atoms with Crippen LogP contribution in [0, 0.1) is 6.92 Å². The quantitative estimate of drug-likeness (QED) is 0.680. The summed E-state index contributed by atoms with van der Waals surface area (Å²) < 4.78 is 16.2. The number of benzene rings is 2. The standard InChI is InChI=1S/C21H17N3O4/c1-14-11-16(28-21-22-9-2-10-23-21)5-6-17(14)24-20(25)8-4-15-3-7-18-19(12-15)27-13-26-18/h2-12H,13H2,1H3,(H,24,25)/b8-4-. The van der Waals surface area contributed by atoms with Crippen LogP contribution in [0.3, 0.4) is 0 Å². The van der Waals surface area contributed by atoms with Crippen molar-refractivity contribution in [3.8, 4) is 23.3 Å². The lowest BCUT2D eigenvalue weighted by molar-refractivity contribution is -0.111. The fraction of sp³-hybridized carbons (Fsp3) is 0.0952. The molecule has 0 spiro atoms. The van der Waals surface area contributed by atoms with Crippen LogP contribution in [0.5, 0.6) is 23.3 Å². The average Bonchev–Trinajstić information content (AvgIpc) is 3.17. The van der Waals surface area contributed by atoms with Gasteiger partial charge in [0, 0.05) is 24.2 Å². The summed E-state index contributed by atoms with van der Waals surface area (Å²) >= 11 is 0. The summed E-state index contributed by atoms with van der Waals surface area (Å²) in [6.07, 6.45) is 6.41. The van der Waals surface area contributed by atoms with E-state index in [2.05, 4.69) is 15.3 Å². The number of nitrogens with zero attached hydrogens (tertiary/aromatic N) is 2. The Morgan fingerprint density at radius 1 is 1.11 bits per heavy atom. The molecule has 0 fully saturated rings. The normalized spacial score (nSPS) is 12.2. The number of carbonyl (C=O) groups excluding carboxylic acids is 1. The summed E-state index contributed by atoms with van der Waals surface area (Å²) in [6, 6.07) is 12.8. The molecule has 1 amide bonds. The van der Waals surface area contributed by atoms with Crippen molar-refractivity contribution in [1.29, 1.82) is 0 Å². The summed E-state index contributed by atoms with van der Waals surface area (Å²) in [4.78, 5) is 20.3. The highest BCUT2D eigenvalue weighted by atomic mass is 16.7. The van der Waals surface area contributed by atoms with Crippen LogP contribution in [0.25, 0.3) is 6.08 Å². The summed E-state index contributed by atoms with van der Waals surface area (Å²) in [5.74, 6) is 1.75. The van der Waals surface area contributed by atoms with Crippen LogP contribution >= 0.6 is 0 Å². The summed E-state index contributed by atoms with van der Waals surface area (Å²) in [6.45, 7) is 2.11. The molecule has 2 aromatic carbocycles. The Bertz CT molecular complexity index is 1040. The molecule has 28 heavy (non-hydrogen) atoms. The molecule has 0 radical (unpaired) electrons. The molecular formula is C21H17N3O4. The van der Waals surface area contributed by atoms with Crippen molar-refractivity contribution in [1.82, 2.24) is 9.97 Å². The second-order valence-corrected chi connectivity index (χ2v) is 6.05. The fourth-order valence-corrected chi connectivity index (χ4v) is 2.65. The third kappa shape index (κ3) is 4.09. The number of hydrogen-bond donors (Lipinski definition) is 1. The lowest BCUT2D eigenvalue weighted by atomic mass is 10.1. The number of nitrogens with one attached hydrogen (secondary N) is 1. The molecule has 0 bridgehead atoms. The molecule has 1 N–H and O–H groups in total. The van der Waals surface area contributed by atoms with Gasteiger partial charge in [-0.25, -0.2) is 9.97 Å². The van der Waals surface area contributed by atoms with Gasteiger partial charge in [-0.3, -0.25) is 4.79 Å². The van der Waals surface area contributed by atoms with Crippen LogP contribution in [-0.4, -0.2) is 22.7 Å². The Kier molecular flexibility index (Phi) is 4.88. The first-order chi connectivity index (χ1) is 13.7. The molecule has 7 heteroatoms. The minimum Gasteiger partial charge on any atom is -0.454 e. The van der Waals surface area contributed by atoms with Crippen molar-refractivity contribution in [3.63, 3.8) is 0 Å². The average molecular weight is 375 g/mol. The van der Waals surface area contributed by atoms with Gasteiger partial charge < -0.3 is 19.5 Å². The van der Waals surface area contributed by atoms with Crippen LogP contribution in [0.2, 0.25) is 0 Å². The molecule has 1 aliphatic rings. The molecule has 0 aliphatic carbocycles. The Morgan fingerprint density at radius 2 is 1.93 bits per heavy atom. The predicted molar refractivity (Wildman–Crippen MR) is 104 cm³/mol. The molecule has 7 nitrogen and oxygen atoms in total. The van der Waals surface area contributed by atoms with Gasteiger partial charge in [-0.15, -0.1) is 0 Å². The maximum atomic E-state index is 12.2. The highest BCUT2D eigenvalue weighted by Gasteiger charge is 2.12. The molecule has 140 valence electrons. The van der Waals surface area contributed by atoms with Crippen LogP contribution in [-0.2, 0) is 4.79 Å². The highest BCUT2D eigenvalue weighted by molar-refractivity contribution is 6.02. The maximum Gasteiger partial charge on any atom is 0.321 e. The third-order valence-electron chi connectivity index (χ3n) is 4.03. The SMILES string of the molecule is Cc1cc(Oc2ncccn2)ccc1NC(=O)/C=C\c1ccc2c(c1)OCO2. The first kappa shape index (κ1) is 17.5. The number of fused-ring (bicyclic) bond motifs is 1. The molecule has 3 aromatic rings. The molecule has 0 atom stereocenters. The first-order valence-electron chi connectivity index (χ1n) is 8.62. The van der Waals surface area contributed by atoms with E-state index in [9.17, 15) is 4.79 Å². The van der Waals surface area contributed by atoms with Gasteiger partial charge in [0.15, 0.2) is 11.5 Å². The van der Waals surface area contributed by atoms with Gasteiger partial charge in [0.2, 0.25) is 12.7 Å². The lowest BCUT2D eigenvalue weighted by Crippen LogP contribution is -2.09. The van der Waals surface area contributed by atoms with E-state index in [4.69, 9.17) is 14.2 Å². The van der Waals surface area contributed by atoms with E-state index < -0.39 is 0 Å². The van der Waals surface area contributed by atoms with Crippen molar-refractivity contribution >= 4 is 17.7 Å². The Hall–Kier alpha value is -3.87. The van der Waals surface area contributed by atoms with Crippen molar-refractivity contribution in [2.24, 2.45) is 0 Å². The van der Waals surface area contributed by atoms with Crippen LogP contribution < -0.4 is 19.5 Å². The van der Waals surface area contributed by atoms with Crippen molar-refractivity contribution in [3.05, 3.63) is 72.1 Å². The van der Waals surface area contributed by atoms with Gasteiger partial charge in [-0.2, -0.15) is 0 Å². The number of carbonyl (C=O) groups is 1. The zero-order chi connectivity index (χ0) is 19.3. The second-order valence-electron chi connectivity index (χ2n) is 6.05. The number of hydrogen-bond acceptors (Lipinski definition) is 6. The van der Waals surface area contributed by atoms with E-state index >= 15 is 0 Å². The topological polar surface area (TPSA) is 82.6 Å². The smallest absolute Gasteiger partial charge is 0.321 e. The van der Waals surface area contributed by atoms with E-state index in [0.29, 0.717) is 22.9 Å². The Labute approximate surface area is 161 Å². The lowest BCUT2D eigenvalue weighted by Gasteiger charge is -2.09. The fourth-order valence-electron chi connectivity index (χ4n) is 2.65. The summed E-state index contributed by atoms with van der Waals surface area (Å²) in [5.41, 5.74) is 2.41. The number of ether oxygens (including phenoxy) is 3. The molecule has 2 heterocycles. The van der Waals surface area contributed by atoms with Crippen molar-refractivity contribution in [2.45, 2.75) is 6.92 Å². The number of aryl methyl sites for hydroxylation is 1. The number of aromatic nitrogens is 2. The van der Waals surface area contributed by atoms with Gasteiger partial charge in [0.1, 0.15) is 5.75 Å². The van der Waals surface area contributed by atoms with Crippen LogP contribution in [0.15, 0.2) is 60.9 Å².